The molecule has 0 aliphatic carbocycles. The van der Waals surface area contributed by atoms with Crippen LogP contribution >= 0.6 is 11.6 Å². The normalized spacial score (nSPS) is 14.6. The second kappa shape index (κ2) is 11.5. The topological polar surface area (TPSA) is 59.2 Å². The molecular formula is C38H27ClN6. The van der Waals surface area contributed by atoms with Gasteiger partial charge in [0, 0.05) is 39.7 Å². The highest BCUT2D eigenvalue weighted by atomic mass is 35.5. The summed E-state index contributed by atoms with van der Waals surface area (Å²) in [6.45, 7) is 0. The van der Waals surface area contributed by atoms with Crippen molar-refractivity contribution in [2.45, 2.75) is 12.5 Å². The van der Waals surface area contributed by atoms with Crippen LogP contribution in [0.15, 0.2) is 151 Å². The number of fused-ring (bicyclic) bond motifs is 1. The first-order chi connectivity index (χ1) is 22.2. The minimum Gasteiger partial charge on any atom is -0.240 e. The summed E-state index contributed by atoms with van der Waals surface area (Å²) in [5.74, 6) is 0.520. The number of hydrogen-bond donors (Lipinski definition) is 0. The van der Waals surface area contributed by atoms with Gasteiger partial charge in [0.25, 0.3) is 0 Å². The number of anilines is 1. The predicted molar refractivity (Wildman–Crippen MR) is 182 cm³/mol. The van der Waals surface area contributed by atoms with E-state index in [9.17, 15) is 0 Å². The number of hydrogen-bond acceptors (Lipinski definition) is 5. The molecule has 45 heavy (non-hydrogen) atoms. The lowest BCUT2D eigenvalue weighted by Gasteiger charge is -2.23. The fourth-order valence-corrected chi connectivity index (χ4v) is 6.09. The van der Waals surface area contributed by atoms with Crippen molar-refractivity contribution in [3.8, 4) is 28.2 Å². The molecule has 8 rings (SSSR count). The zero-order chi connectivity index (χ0) is 30.2. The van der Waals surface area contributed by atoms with Crippen LogP contribution in [0.3, 0.4) is 0 Å². The molecule has 0 spiro atoms. The fraction of sp³-hybridized carbons (Fsp3) is 0.0526. The summed E-state index contributed by atoms with van der Waals surface area (Å²) in [5, 5.41) is 13.9. The van der Waals surface area contributed by atoms with Crippen LogP contribution < -0.4 is 5.01 Å². The van der Waals surface area contributed by atoms with Crippen LogP contribution in [-0.2, 0) is 0 Å². The molecule has 5 aromatic carbocycles. The Morgan fingerprint density at radius 2 is 1.22 bits per heavy atom. The van der Waals surface area contributed by atoms with Gasteiger partial charge in [-0.15, -0.1) is 0 Å². The Morgan fingerprint density at radius 3 is 1.89 bits per heavy atom. The lowest BCUT2D eigenvalue weighted by Crippen LogP contribution is -2.21. The van der Waals surface area contributed by atoms with Crippen molar-refractivity contribution in [3.05, 3.63) is 162 Å². The first-order valence-corrected chi connectivity index (χ1v) is 15.2. The maximum Gasteiger partial charge on any atom is 0.247 e. The van der Waals surface area contributed by atoms with Gasteiger partial charge in [0.1, 0.15) is 0 Å². The van der Waals surface area contributed by atoms with Gasteiger partial charge < -0.3 is 0 Å². The second-order valence-corrected chi connectivity index (χ2v) is 11.4. The van der Waals surface area contributed by atoms with Crippen LogP contribution in [0.25, 0.3) is 39.1 Å². The molecule has 0 unspecified atom stereocenters. The fourth-order valence-electron chi connectivity index (χ4n) is 5.91. The van der Waals surface area contributed by atoms with Crippen LogP contribution in [0.1, 0.15) is 23.6 Å². The number of benzene rings is 5. The van der Waals surface area contributed by atoms with Gasteiger partial charge in [0.05, 0.1) is 34.3 Å². The summed E-state index contributed by atoms with van der Waals surface area (Å²) in [7, 11) is 0. The summed E-state index contributed by atoms with van der Waals surface area (Å²) in [4.78, 5) is 10.3. The summed E-state index contributed by atoms with van der Waals surface area (Å²) in [5.41, 5.74) is 8.59. The molecule has 0 bridgehead atoms. The van der Waals surface area contributed by atoms with E-state index < -0.39 is 0 Å². The third-order valence-corrected chi connectivity index (χ3v) is 8.32. The molecule has 0 fully saturated rings. The molecule has 3 heterocycles. The molecule has 1 atom stereocenters. The minimum atomic E-state index is -0.207. The Hall–Kier alpha value is -5.59. The molecule has 0 radical (unpaired) electrons. The zero-order valence-corrected chi connectivity index (χ0v) is 25.0. The van der Waals surface area contributed by atoms with E-state index in [4.69, 9.17) is 31.8 Å². The predicted octanol–water partition coefficient (Wildman–Crippen LogP) is 9.16. The maximum atomic E-state index is 6.47. The van der Waals surface area contributed by atoms with Crippen LogP contribution in [0.4, 0.5) is 5.95 Å². The van der Waals surface area contributed by atoms with E-state index in [0.717, 1.165) is 55.9 Å². The lowest BCUT2D eigenvalue weighted by molar-refractivity contribution is 0.690. The van der Waals surface area contributed by atoms with Crippen LogP contribution in [-0.4, -0.2) is 25.5 Å². The number of hydrazone groups is 1. The van der Waals surface area contributed by atoms with Crippen molar-refractivity contribution in [1.82, 2.24) is 19.7 Å². The van der Waals surface area contributed by atoms with Crippen molar-refractivity contribution in [2.75, 3.05) is 5.01 Å². The van der Waals surface area contributed by atoms with Crippen molar-refractivity contribution in [2.24, 2.45) is 5.10 Å². The van der Waals surface area contributed by atoms with Crippen LogP contribution in [0.5, 0.6) is 0 Å². The van der Waals surface area contributed by atoms with Crippen molar-refractivity contribution in [3.63, 3.8) is 0 Å². The van der Waals surface area contributed by atoms with Gasteiger partial charge in [-0.3, -0.25) is 0 Å². The summed E-state index contributed by atoms with van der Waals surface area (Å²) >= 11 is 6.47. The smallest absolute Gasteiger partial charge is 0.240 e. The van der Waals surface area contributed by atoms with Gasteiger partial charge in [0.2, 0.25) is 5.95 Å². The lowest BCUT2D eigenvalue weighted by atomic mass is 9.96. The average Bonchev–Trinajstić information content (AvgIpc) is 3.75. The summed E-state index contributed by atoms with van der Waals surface area (Å²) in [6, 6.07) is 46.5. The minimum absolute atomic E-state index is 0.207. The zero-order valence-electron chi connectivity index (χ0n) is 24.2. The van der Waals surface area contributed by atoms with Crippen molar-refractivity contribution >= 4 is 34.2 Å². The standard InChI is InChI=1S/C38H27ClN6/c39-29-21-22-33-31(23-29)36(27-15-7-2-8-16-27)41-38(40-33)45-35(24-34(42-45)26-13-5-1-6-14-26)32-25-44(30-19-11-4-12-20-30)43-37(32)28-17-9-3-10-18-28/h1-23,25,35H,24H2/t35-/m1/s1. The van der Waals surface area contributed by atoms with Gasteiger partial charge >= 0.3 is 0 Å². The monoisotopic (exact) mass is 602 g/mol. The molecule has 0 N–H and O–H groups in total. The highest BCUT2D eigenvalue weighted by Crippen LogP contribution is 2.41. The van der Waals surface area contributed by atoms with Gasteiger partial charge in [-0.2, -0.15) is 10.2 Å². The summed E-state index contributed by atoms with van der Waals surface area (Å²) < 4.78 is 1.95. The van der Waals surface area contributed by atoms with Crippen molar-refractivity contribution in [1.29, 1.82) is 0 Å². The van der Waals surface area contributed by atoms with E-state index in [1.165, 1.54) is 0 Å². The number of nitrogens with zero attached hydrogens (tertiary/aromatic N) is 6. The first kappa shape index (κ1) is 27.0. The molecule has 7 heteroatoms. The van der Waals surface area contributed by atoms with E-state index >= 15 is 0 Å². The molecule has 1 aliphatic heterocycles. The molecule has 0 amide bonds. The Labute approximate surface area is 265 Å². The van der Waals surface area contributed by atoms with Gasteiger partial charge in [0.15, 0.2) is 0 Å². The van der Waals surface area contributed by atoms with E-state index in [0.29, 0.717) is 17.4 Å². The Morgan fingerprint density at radius 1 is 0.622 bits per heavy atom. The number of halogens is 1. The number of rotatable bonds is 6. The summed E-state index contributed by atoms with van der Waals surface area (Å²) in [6.07, 6.45) is 2.78. The largest absolute Gasteiger partial charge is 0.247 e. The second-order valence-electron chi connectivity index (χ2n) is 11.0. The number of aromatic nitrogens is 4. The molecule has 0 saturated heterocycles. The SMILES string of the molecule is Clc1ccc2nc(N3N=C(c4ccccc4)C[C@@H]3c3cn(-c4ccccc4)nc3-c3ccccc3)nc(-c3ccccc3)c2c1. The van der Waals surface area contributed by atoms with E-state index in [1.54, 1.807) is 0 Å². The van der Waals surface area contributed by atoms with E-state index in [1.807, 2.05) is 101 Å². The van der Waals surface area contributed by atoms with Crippen molar-refractivity contribution < 1.29 is 0 Å². The molecule has 2 aromatic heterocycles. The molecule has 7 aromatic rings. The third kappa shape index (κ3) is 5.15. The highest BCUT2D eigenvalue weighted by molar-refractivity contribution is 6.31. The Kier molecular flexibility index (Phi) is 6.89. The molecule has 0 saturated carbocycles. The third-order valence-electron chi connectivity index (χ3n) is 8.08. The maximum absolute atomic E-state index is 6.47. The van der Waals surface area contributed by atoms with Gasteiger partial charge in [-0.05, 0) is 35.9 Å². The molecule has 1 aliphatic rings. The molecular weight excluding hydrogens is 576 g/mol. The van der Waals surface area contributed by atoms with E-state index in [2.05, 4.69) is 54.7 Å². The van der Waals surface area contributed by atoms with E-state index in [-0.39, 0.29) is 6.04 Å². The highest BCUT2D eigenvalue weighted by Gasteiger charge is 2.35. The quantitative estimate of drug-likeness (QED) is 0.190. The average molecular weight is 603 g/mol. The molecule has 6 nitrogen and oxygen atoms in total. The van der Waals surface area contributed by atoms with Gasteiger partial charge in [-0.25, -0.2) is 19.7 Å². The Bertz CT molecular complexity index is 2150. The van der Waals surface area contributed by atoms with Gasteiger partial charge in [-0.1, -0.05) is 121 Å². The van der Waals surface area contributed by atoms with Crippen LogP contribution in [0.2, 0.25) is 5.02 Å². The Balaban J connectivity index is 1.34. The first-order valence-electron chi connectivity index (χ1n) is 14.9. The number of para-hydroxylation sites is 1. The van der Waals surface area contributed by atoms with Crippen LogP contribution in [0, 0.1) is 0 Å². The molecule has 216 valence electrons.